The maximum Gasteiger partial charge on any atom is 0.329 e. The van der Waals surface area contributed by atoms with E-state index in [4.69, 9.17) is 5.11 Å². The van der Waals surface area contributed by atoms with Crippen LogP contribution < -0.4 is 10.6 Å². The molecule has 1 aliphatic carbocycles. The van der Waals surface area contributed by atoms with Crippen LogP contribution in [0.3, 0.4) is 0 Å². The van der Waals surface area contributed by atoms with Crippen LogP contribution in [0.2, 0.25) is 0 Å². The number of rotatable bonds is 6. The normalized spacial score (nSPS) is 15.4. The fourth-order valence-corrected chi connectivity index (χ4v) is 0.961. The van der Waals surface area contributed by atoms with Gasteiger partial charge in [-0.05, 0) is 12.8 Å². The first-order valence-electron chi connectivity index (χ1n) is 4.60. The Labute approximate surface area is 82.2 Å². The average molecular weight is 198 g/mol. The highest BCUT2D eigenvalue weighted by Gasteiger charge is 2.28. The first kappa shape index (κ1) is 10.6. The van der Waals surface area contributed by atoms with E-state index >= 15 is 0 Å². The van der Waals surface area contributed by atoms with Crippen molar-refractivity contribution < 1.29 is 14.7 Å². The van der Waals surface area contributed by atoms with Gasteiger partial charge in [0.2, 0.25) is 5.91 Å². The monoisotopic (exact) mass is 198 g/mol. The standard InChI is InChI=1S/C9H14N2O3/c12-8(13)3-4-10-5-6-11-9(14)7-1-2-7/h3-4,7,10H,1-2,5-6H2,(H,11,14)(H,12,13)/b4-3+. The number of amides is 1. The minimum atomic E-state index is -0.987. The molecular weight excluding hydrogens is 184 g/mol. The quantitative estimate of drug-likeness (QED) is 0.404. The molecule has 14 heavy (non-hydrogen) atoms. The van der Waals surface area contributed by atoms with Crippen molar-refractivity contribution in [2.45, 2.75) is 12.8 Å². The zero-order valence-electron chi connectivity index (χ0n) is 7.82. The summed E-state index contributed by atoms with van der Waals surface area (Å²) in [6.07, 6.45) is 4.37. The van der Waals surface area contributed by atoms with E-state index in [1.54, 1.807) is 0 Å². The molecule has 1 saturated carbocycles. The van der Waals surface area contributed by atoms with Crippen LogP contribution in [-0.2, 0) is 9.59 Å². The van der Waals surface area contributed by atoms with Crippen LogP contribution >= 0.6 is 0 Å². The van der Waals surface area contributed by atoms with Crippen molar-refractivity contribution in [3.8, 4) is 0 Å². The Hall–Kier alpha value is -1.52. The van der Waals surface area contributed by atoms with Crippen LogP contribution in [0.4, 0.5) is 0 Å². The summed E-state index contributed by atoms with van der Waals surface area (Å²) in [6.45, 7) is 1.07. The summed E-state index contributed by atoms with van der Waals surface area (Å²) in [7, 11) is 0. The second-order valence-electron chi connectivity index (χ2n) is 3.19. The smallest absolute Gasteiger partial charge is 0.329 e. The second kappa shape index (κ2) is 5.26. The van der Waals surface area contributed by atoms with Gasteiger partial charge in [-0.2, -0.15) is 0 Å². The molecule has 5 heteroatoms. The highest BCUT2D eigenvalue weighted by molar-refractivity contribution is 5.80. The fourth-order valence-electron chi connectivity index (χ4n) is 0.961. The van der Waals surface area contributed by atoms with E-state index in [1.807, 2.05) is 0 Å². The van der Waals surface area contributed by atoms with Crippen LogP contribution in [0, 0.1) is 5.92 Å². The number of aliphatic carboxylic acids is 1. The number of nitrogens with one attached hydrogen (secondary N) is 2. The molecule has 1 fully saturated rings. The van der Waals surface area contributed by atoms with Gasteiger partial charge < -0.3 is 15.7 Å². The molecule has 0 aromatic rings. The molecule has 1 rings (SSSR count). The van der Waals surface area contributed by atoms with Crippen molar-refractivity contribution >= 4 is 11.9 Å². The third-order valence-electron chi connectivity index (χ3n) is 1.86. The zero-order valence-corrected chi connectivity index (χ0v) is 7.82. The lowest BCUT2D eigenvalue weighted by molar-refractivity contribution is -0.131. The Bertz CT molecular complexity index is 246. The summed E-state index contributed by atoms with van der Waals surface area (Å²) in [5.74, 6) is -0.655. The molecule has 0 bridgehead atoms. The number of hydrogen-bond acceptors (Lipinski definition) is 3. The zero-order chi connectivity index (χ0) is 10.4. The Kier molecular flexibility index (Phi) is 3.97. The summed E-state index contributed by atoms with van der Waals surface area (Å²) in [4.78, 5) is 21.1. The molecule has 0 saturated heterocycles. The molecule has 0 heterocycles. The minimum Gasteiger partial charge on any atom is -0.478 e. The highest BCUT2D eigenvalue weighted by Crippen LogP contribution is 2.28. The van der Waals surface area contributed by atoms with Gasteiger partial charge >= 0.3 is 5.97 Å². The summed E-state index contributed by atoms with van der Waals surface area (Å²) < 4.78 is 0. The average Bonchev–Trinajstić information content (AvgIpc) is 2.92. The Morgan fingerprint density at radius 1 is 1.36 bits per heavy atom. The molecule has 0 aromatic carbocycles. The van der Waals surface area contributed by atoms with E-state index in [2.05, 4.69) is 10.6 Å². The van der Waals surface area contributed by atoms with Crippen molar-refractivity contribution in [2.24, 2.45) is 5.92 Å². The molecule has 1 amide bonds. The Morgan fingerprint density at radius 3 is 2.64 bits per heavy atom. The molecule has 0 unspecified atom stereocenters. The lowest BCUT2D eigenvalue weighted by Crippen LogP contribution is -2.31. The molecule has 1 aliphatic rings. The van der Waals surface area contributed by atoms with E-state index < -0.39 is 5.97 Å². The van der Waals surface area contributed by atoms with Gasteiger partial charge in [0.15, 0.2) is 0 Å². The second-order valence-corrected chi connectivity index (χ2v) is 3.19. The third kappa shape index (κ3) is 4.49. The van der Waals surface area contributed by atoms with Gasteiger partial charge in [0.05, 0.1) is 0 Å². The largest absolute Gasteiger partial charge is 0.478 e. The molecule has 0 radical (unpaired) electrons. The fraction of sp³-hybridized carbons (Fsp3) is 0.556. The lowest BCUT2D eigenvalue weighted by Gasteiger charge is -2.03. The van der Waals surface area contributed by atoms with Crippen molar-refractivity contribution in [3.63, 3.8) is 0 Å². The number of carboxylic acid groups (broad SMARTS) is 1. The minimum absolute atomic E-state index is 0.106. The van der Waals surface area contributed by atoms with E-state index in [9.17, 15) is 9.59 Å². The van der Waals surface area contributed by atoms with Crippen molar-refractivity contribution in [2.75, 3.05) is 13.1 Å². The van der Waals surface area contributed by atoms with Gasteiger partial charge in [-0.1, -0.05) is 0 Å². The molecular formula is C9H14N2O3. The van der Waals surface area contributed by atoms with E-state index in [-0.39, 0.29) is 11.8 Å². The maximum atomic E-state index is 11.1. The predicted molar refractivity (Wildman–Crippen MR) is 50.5 cm³/mol. The van der Waals surface area contributed by atoms with Gasteiger partial charge in [0, 0.05) is 31.3 Å². The molecule has 0 atom stereocenters. The van der Waals surface area contributed by atoms with Crippen LogP contribution in [0.25, 0.3) is 0 Å². The van der Waals surface area contributed by atoms with Crippen LogP contribution in [0.5, 0.6) is 0 Å². The first-order valence-corrected chi connectivity index (χ1v) is 4.60. The third-order valence-corrected chi connectivity index (χ3v) is 1.86. The van der Waals surface area contributed by atoms with Gasteiger partial charge in [-0.15, -0.1) is 0 Å². The van der Waals surface area contributed by atoms with Crippen molar-refractivity contribution in [3.05, 3.63) is 12.3 Å². The van der Waals surface area contributed by atoms with E-state index in [1.165, 1.54) is 6.20 Å². The number of carbonyl (C=O) groups is 2. The van der Waals surface area contributed by atoms with Crippen molar-refractivity contribution in [1.82, 2.24) is 10.6 Å². The van der Waals surface area contributed by atoms with Gasteiger partial charge in [0.1, 0.15) is 0 Å². The Balaban J connectivity index is 1.93. The van der Waals surface area contributed by atoms with Crippen LogP contribution in [0.15, 0.2) is 12.3 Å². The SMILES string of the molecule is O=C(O)/C=C/NCCNC(=O)C1CC1. The summed E-state index contributed by atoms with van der Waals surface area (Å²) in [6, 6.07) is 0. The molecule has 3 N–H and O–H groups in total. The van der Waals surface area contributed by atoms with E-state index in [0.717, 1.165) is 18.9 Å². The summed E-state index contributed by atoms with van der Waals surface area (Å²) >= 11 is 0. The molecule has 0 spiro atoms. The highest BCUT2D eigenvalue weighted by atomic mass is 16.4. The number of hydrogen-bond donors (Lipinski definition) is 3. The van der Waals surface area contributed by atoms with E-state index in [0.29, 0.717) is 13.1 Å². The molecule has 0 aromatic heterocycles. The number of carboxylic acids is 1. The van der Waals surface area contributed by atoms with Gasteiger partial charge in [0.25, 0.3) is 0 Å². The first-order chi connectivity index (χ1) is 6.70. The Morgan fingerprint density at radius 2 is 2.07 bits per heavy atom. The predicted octanol–water partition coefficient (Wildman–Crippen LogP) is -0.300. The van der Waals surface area contributed by atoms with Crippen LogP contribution in [0.1, 0.15) is 12.8 Å². The molecule has 0 aliphatic heterocycles. The van der Waals surface area contributed by atoms with Gasteiger partial charge in [-0.25, -0.2) is 4.79 Å². The lowest BCUT2D eigenvalue weighted by atomic mass is 10.4. The molecule has 78 valence electrons. The van der Waals surface area contributed by atoms with Gasteiger partial charge in [-0.3, -0.25) is 4.79 Å². The topological polar surface area (TPSA) is 78.4 Å². The maximum absolute atomic E-state index is 11.1. The van der Waals surface area contributed by atoms with Crippen LogP contribution in [-0.4, -0.2) is 30.1 Å². The molecule has 5 nitrogen and oxygen atoms in total. The summed E-state index contributed by atoms with van der Waals surface area (Å²) in [5, 5.41) is 13.7. The van der Waals surface area contributed by atoms with Crippen molar-refractivity contribution in [1.29, 1.82) is 0 Å². The number of carbonyl (C=O) groups excluding carboxylic acids is 1. The summed E-state index contributed by atoms with van der Waals surface area (Å²) in [5.41, 5.74) is 0.